The molecule has 0 amide bonds. The second kappa shape index (κ2) is 6.76. The Hall–Kier alpha value is -3.16. The molecule has 3 aromatic rings. The van der Waals surface area contributed by atoms with Gasteiger partial charge in [0, 0.05) is 13.6 Å². The SMILES string of the molecule is CCCn1c(N/N=C/c2ccc(C)cc2)nc2c1c(=O)[nH]c(=O)n2C. The van der Waals surface area contributed by atoms with Crippen LogP contribution in [0.5, 0.6) is 0 Å². The van der Waals surface area contributed by atoms with Gasteiger partial charge in [0.25, 0.3) is 5.56 Å². The first-order valence-corrected chi connectivity index (χ1v) is 8.06. The van der Waals surface area contributed by atoms with Gasteiger partial charge in [-0.2, -0.15) is 10.1 Å². The number of nitrogens with one attached hydrogen (secondary N) is 2. The van der Waals surface area contributed by atoms with Gasteiger partial charge in [0.05, 0.1) is 6.21 Å². The molecule has 130 valence electrons. The van der Waals surface area contributed by atoms with Gasteiger partial charge in [-0.25, -0.2) is 10.2 Å². The number of H-pyrrole nitrogens is 1. The Morgan fingerprint density at radius 3 is 2.68 bits per heavy atom. The second-order valence-corrected chi connectivity index (χ2v) is 5.86. The summed E-state index contributed by atoms with van der Waals surface area (Å²) in [5.41, 5.74) is 4.74. The molecular weight excluding hydrogens is 320 g/mol. The van der Waals surface area contributed by atoms with Crippen molar-refractivity contribution in [3.05, 3.63) is 56.2 Å². The van der Waals surface area contributed by atoms with Crippen LogP contribution >= 0.6 is 0 Å². The van der Waals surface area contributed by atoms with E-state index in [-0.39, 0.29) is 0 Å². The van der Waals surface area contributed by atoms with Crippen molar-refractivity contribution in [3.8, 4) is 0 Å². The van der Waals surface area contributed by atoms with Crippen LogP contribution in [0.4, 0.5) is 5.95 Å². The molecule has 0 aliphatic carbocycles. The minimum Gasteiger partial charge on any atom is -0.303 e. The number of anilines is 1. The van der Waals surface area contributed by atoms with Crippen molar-refractivity contribution >= 4 is 23.3 Å². The Labute approximate surface area is 143 Å². The highest BCUT2D eigenvalue weighted by Crippen LogP contribution is 2.15. The zero-order chi connectivity index (χ0) is 18.0. The molecule has 0 saturated heterocycles. The van der Waals surface area contributed by atoms with Crippen LogP contribution in [0, 0.1) is 6.92 Å². The number of aryl methyl sites for hydroxylation is 3. The van der Waals surface area contributed by atoms with Crippen molar-refractivity contribution < 1.29 is 0 Å². The Balaban J connectivity index is 2.00. The maximum absolute atomic E-state index is 12.2. The molecule has 2 aromatic heterocycles. The van der Waals surface area contributed by atoms with Crippen molar-refractivity contribution in [3.63, 3.8) is 0 Å². The number of aromatic amines is 1. The van der Waals surface area contributed by atoms with Crippen molar-refractivity contribution in [2.75, 3.05) is 5.43 Å². The molecule has 1 aromatic carbocycles. The third-order valence-electron chi connectivity index (χ3n) is 3.91. The van der Waals surface area contributed by atoms with Gasteiger partial charge in [0.1, 0.15) is 0 Å². The summed E-state index contributed by atoms with van der Waals surface area (Å²) >= 11 is 0. The van der Waals surface area contributed by atoms with Crippen LogP contribution in [0.2, 0.25) is 0 Å². The number of hydrogen-bond acceptors (Lipinski definition) is 5. The maximum atomic E-state index is 12.2. The molecule has 0 fully saturated rings. The summed E-state index contributed by atoms with van der Waals surface area (Å²) in [6.07, 6.45) is 2.49. The molecule has 0 radical (unpaired) electrons. The summed E-state index contributed by atoms with van der Waals surface area (Å²) in [7, 11) is 1.57. The third-order valence-corrected chi connectivity index (χ3v) is 3.91. The fraction of sp³-hybridized carbons (Fsp3) is 0.294. The molecule has 0 aliphatic heterocycles. The lowest BCUT2D eigenvalue weighted by Crippen LogP contribution is -2.29. The highest BCUT2D eigenvalue weighted by Gasteiger charge is 2.16. The molecule has 0 saturated carbocycles. The highest BCUT2D eigenvalue weighted by atomic mass is 16.2. The largest absolute Gasteiger partial charge is 0.329 e. The summed E-state index contributed by atoms with van der Waals surface area (Å²) in [5, 5.41) is 4.20. The van der Waals surface area contributed by atoms with Crippen LogP contribution in [0.1, 0.15) is 24.5 Å². The van der Waals surface area contributed by atoms with Crippen molar-refractivity contribution in [1.82, 2.24) is 19.1 Å². The van der Waals surface area contributed by atoms with Gasteiger partial charge in [0.15, 0.2) is 11.2 Å². The number of benzene rings is 1. The first-order valence-electron chi connectivity index (χ1n) is 8.06. The quantitative estimate of drug-likeness (QED) is 0.544. The number of fused-ring (bicyclic) bond motifs is 1. The average molecular weight is 340 g/mol. The van der Waals surface area contributed by atoms with E-state index in [0.29, 0.717) is 23.7 Å². The lowest BCUT2D eigenvalue weighted by molar-refractivity contribution is 0.698. The number of nitrogens with zero attached hydrogens (tertiary/aromatic N) is 4. The Kier molecular flexibility index (Phi) is 4.51. The molecule has 2 N–H and O–H groups in total. The molecule has 8 nitrogen and oxygen atoms in total. The predicted molar refractivity (Wildman–Crippen MR) is 98.3 cm³/mol. The minimum atomic E-state index is -0.492. The fourth-order valence-electron chi connectivity index (χ4n) is 2.58. The van der Waals surface area contributed by atoms with Gasteiger partial charge in [-0.1, -0.05) is 36.8 Å². The van der Waals surface area contributed by atoms with Crippen LogP contribution < -0.4 is 16.7 Å². The summed E-state index contributed by atoms with van der Waals surface area (Å²) in [5.74, 6) is 0.423. The van der Waals surface area contributed by atoms with Crippen LogP contribution in [-0.4, -0.2) is 25.3 Å². The van der Waals surface area contributed by atoms with Crippen LogP contribution in [0.15, 0.2) is 39.0 Å². The zero-order valence-corrected chi connectivity index (χ0v) is 14.4. The second-order valence-electron chi connectivity index (χ2n) is 5.86. The molecular formula is C17H20N6O2. The Morgan fingerprint density at radius 1 is 1.28 bits per heavy atom. The van der Waals surface area contributed by atoms with Gasteiger partial charge < -0.3 is 4.57 Å². The number of imidazole rings is 1. The van der Waals surface area contributed by atoms with Gasteiger partial charge in [-0.3, -0.25) is 14.3 Å². The highest BCUT2D eigenvalue weighted by molar-refractivity contribution is 5.80. The van der Waals surface area contributed by atoms with E-state index < -0.39 is 11.2 Å². The van der Waals surface area contributed by atoms with E-state index in [4.69, 9.17) is 0 Å². The van der Waals surface area contributed by atoms with Crippen molar-refractivity contribution in [2.24, 2.45) is 12.1 Å². The summed E-state index contributed by atoms with van der Waals surface area (Å²) in [4.78, 5) is 30.6. The van der Waals surface area contributed by atoms with Crippen LogP contribution in [0.3, 0.4) is 0 Å². The number of aromatic nitrogens is 4. The van der Waals surface area contributed by atoms with Gasteiger partial charge in [0.2, 0.25) is 5.95 Å². The summed E-state index contributed by atoms with van der Waals surface area (Å²) in [6, 6.07) is 7.93. The maximum Gasteiger partial charge on any atom is 0.329 e. The molecule has 3 rings (SSSR count). The first kappa shape index (κ1) is 16.7. The monoisotopic (exact) mass is 340 g/mol. The molecule has 0 aliphatic rings. The van der Waals surface area contributed by atoms with E-state index in [1.165, 1.54) is 10.1 Å². The van der Waals surface area contributed by atoms with E-state index in [1.54, 1.807) is 17.8 Å². The van der Waals surface area contributed by atoms with E-state index in [2.05, 4.69) is 20.5 Å². The molecule has 2 heterocycles. The van der Waals surface area contributed by atoms with E-state index >= 15 is 0 Å². The molecule has 0 bridgehead atoms. The molecule has 0 spiro atoms. The third kappa shape index (κ3) is 3.23. The molecule has 25 heavy (non-hydrogen) atoms. The van der Waals surface area contributed by atoms with E-state index in [1.807, 2.05) is 38.1 Å². The lowest BCUT2D eigenvalue weighted by Gasteiger charge is -2.05. The smallest absolute Gasteiger partial charge is 0.303 e. The number of hydrazone groups is 1. The van der Waals surface area contributed by atoms with Gasteiger partial charge in [-0.15, -0.1) is 0 Å². The van der Waals surface area contributed by atoms with E-state index in [0.717, 1.165) is 12.0 Å². The molecule has 8 heteroatoms. The van der Waals surface area contributed by atoms with Crippen LogP contribution in [0.25, 0.3) is 11.2 Å². The minimum absolute atomic E-state index is 0.329. The molecule has 0 unspecified atom stereocenters. The van der Waals surface area contributed by atoms with Gasteiger partial charge >= 0.3 is 5.69 Å². The van der Waals surface area contributed by atoms with E-state index in [9.17, 15) is 9.59 Å². The Morgan fingerprint density at radius 2 is 2.00 bits per heavy atom. The standard InChI is InChI=1S/C17H20N6O2/c1-4-9-23-13-14(22(3)17(25)20-15(13)24)19-16(23)21-18-10-12-7-5-11(2)6-8-12/h5-8,10H,4,9H2,1-3H3,(H,19,21)(H,20,24,25)/b18-10+. The normalized spacial score (nSPS) is 11.5. The van der Waals surface area contributed by atoms with Crippen molar-refractivity contribution in [1.29, 1.82) is 0 Å². The first-order chi connectivity index (χ1) is 12.0. The zero-order valence-electron chi connectivity index (χ0n) is 14.4. The summed E-state index contributed by atoms with van der Waals surface area (Å²) < 4.78 is 3.05. The summed E-state index contributed by atoms with van der Waals surface area (Å²) in [6.45, 7) is 4.61. The average Bonchev–Trinajstić information content (AvgIpc) is 2.94. The number of rotatable bonds is 5. The lowest BCUT2D eigenvalue weighted by atomic mass is 10.2. The fourth-order valence-corrected chi connectivity index (χ4v) is 2.58. The number of hydrogen-bond donors (Lipinski definition) is 2. The van der Waals surface area contributed by atoms with Crippen LogP contribution in [-0.2, 0) is 13.6 Å². The van der Waals surface area contributed by atoms with Gasteiger partial charge in [-0.05, 0) is 18.9 Å². The topological polar surface area (TPSA) is 97.1 Å². The van der Waals surface area contributed by atoms with Crippen molar-refractivity contribution in [2.45, 2.75) is 26.8 Å². The Bertz CT molecular complexity index is 1040. The molecule has 0 atom stereocenters. The predicted octanol–water partition coefficient (Wildman–Crippen LogP) is 1.59.